The quantitative estimate of drug-likeness (QED) is 0.845. The van der Waals surface area contributed by atoms with E-state index >= 15 is 0 Å². The Labute approximate surface area is 119 Å². The molecule has 0 aliphatic carbocycles. The molecule has 0 spiro atoms. The first-order valence-electron chi connectivity index (χ1n) is 6.71. The Morgan fingerprint density at radius 2 is 1.90 bits per heavy atom. The second kappa shape index (κ2) is 6.75. The van der Waals surface area contributed by atoms with Crippen molar-refractivity contribution in [1.29, 1.82) is 0 Å². The summed E-state index contributed by atoms with van der Waals surface area (Å²) in [5.41, 5.74) is 2.31. The summed E-state index contributed by atoms with van der Waals surface area (Å²) in [6, 6.07) is 8.23. The van der Waals surface area contributed by atoms with Gasteiger partial charge in [-0.05, 0) is 18.1 Å². The molecule has 1 heterocycles. The molecular formula is C15H20N4O. The fourth-order valence-corrected chi connectivity index (χ4v) is 2.09. The number of aromatic nitrogens is 2. The Morgan fingerprint density at radius 3 is 2.60 bits per heavy atom. The average molecular weight is 272 g/mol. The van der Waals surface area contributed by atoms with Gasteiger partial charge in [0.2, 0.25) is 5.75 Å². The van der Waals surface area contributed by atoms with Gasteiger partial charge in [-0.25, -0.2) is 9.97 Å². The molecule has 5 heteroatoms. The molecule has 0 saturated heterocycles. The van der Waals surface area contributed by atoms with E-state index in [0.29, 0.717) is 17.4 Å². The number of nitrogens with one attached hydrogen (secondary N) is 2. The molecule has 2 rings (SSSR count). The third-order valence-corrected chi connectivity index (χ3v) is 3.03. The van der Waals surface area contributed by atoms with Gasteiger partial charge in [0.25, 0.3) is 0 Å². The summed E-state index contributed by atoms with van der Waals surface area (Å²) in [7, 11) is 3.42. The van der Waals surface area contributed by atoms with Crippen LogP contribution in [0.1, 0.15) is 18.9 Å². The van der Waals surface area contributed by atoms with Gasteiger partial charge in [-0.2, -0.15) is 0 Å². The van der Waals surface area contributed by atoms with Crippen molar-refractivity contribution in [2.75, 3.05) is 24.8 Å². The van der Waals surface area contributed by atoms with E-state index in [0.717, 1.165) is 18.5 Å². The molecule has 20 heavy (non-hydrogen) atoms. The number of rotatable bonds is 6. The Kier molecular flexibility index (Phi) is 4.76. The summed E-state index contributed by atoms with van der Waals surface area (Å²) < 4.78 is 5.39. The summed E-state index contributed by atoms with van der Waals surface area (Å²) in [6.45, 7) is 2.17. The highest BCUT2D eigenvalue weighted by Crippen LogP contribution is 2.32. The van der Waals surface area contributed by atoms with E-state index in [1.54, 1.807) is 14.2 Å². The van der Waals surface area contributed by atoms with Crippen LogP contribution in [0, 0.1) is 0 Å². The topological polar surface area (TPSA) is 59.1 Å². The Morgan fingerprint density at radius 1 is 1.15 bits per heavy atom. The fraction of sp³-hybridized carbons (Fsp3) is 0.333. The molecule has 0 atom stereocenters. The molecule has 0 saturated carbocycles. The molecule has 0 aliphatic heterocycles. The molecule has 5 nitrogen and oxygen atoms in total. The standard InChI is InChI=1S/C15H20N4O/c1-4-7-11-8-5-6-9-12(11)19-15-13(20-3)14(16-2)17-10-18-15/h5-6,8-10H,4,7H2,1-3H3,(H2,16,17,18,19). The van der Waals surface area contributed by atoms with Gasteiger partial charge in [0.15, 0.2) is 11.6 Å². The number of methoxy groups -OCH3 is 1. The lowest BCUT2D eigenvalue weighted by molar-refractivity contribution is 0.415. The normalized spacial score (nSPS) is 10.2. The molecule has 0 fully saturated rings. The van der Waals surface area contributed by atoms with E-state index in [4.69, 9.17) is 4.74 Å². The van der Waals surface area contributed by atoms with Crippen LogP contribution in [0.3, 0.4) is 0 Å². The Hall–Kier alpha value is -2.30. The first-order valence-corrected chi connectivity index (χ1v) is 6.71. The smallest absolute Gasteiger partial charge is 0.204 e. The van der Waals surface area contributed by atoms with Gasteiger partial charge < -0.3 is 15.4 Å². The number of hydrogen-bond acceptors (Lipinski definition) is 5. The van der Waals surface area contributed by atoms with Gasteiger partial charge in [-0.15, -0.1) is 0 Å². The van der Waals surface area contributed by atoms with Gasteiger partial charge in [0, 0.05) is 12.7 Å². The predicted molar refractivity (Wildman–Crippen MR) is 81.9 cm³/mol. The van der Waals surface area contributed by atoms with Crippen LogP contribution < -0.4 is 15.4 Å². The lowest BCUT2D eigenvalue weighted by atomic mass is 10.1. The minimum atomic E-state index is 0.612. The average Bonchev–Trinajstić information content (AvgIpc) is 2.49. The highest BCUT2D eigenvalue weighted by atomic mass is 16.5. The van der Waals surface area contributed by atoms with Crippen LogP contribution in [0.2, 0.25) is 0 Å². The fourth-order valence-electron chi connectivity index (χ4n) is 2.09. The summed E-state index contributed by atoms with van der Waals surface area (Å²) in [6.07, 6.45) is 3.63. The molecule has 0 aliphatic rings. The number of hydrogen-bond donors (Lipinski definition) is 2. The third-order valence-electron chi connectivity index (χ3n) is 3.03. The highest BCUT2D eigenvalue weighted by Gasteiger charge is 2.12. The summed E-state index contributed by atoms with van der Waals surface area (Å²) in [4.78, 5) is 8.41. The van der Waals surface area contributed by atoms with E-state index in [-0.39, 0.29) is 0 Å². The Balaban J connectivity index is 2.35. The van der Waals surface area contributed by atoms with Gasteiger partial charge in [-0.1, -0.05) is 31.5 Å². The second-order valence-corrected chi connectivity index (χ2v) is 4.39. The molecule has 0 amide bonds. The number of anilines is 3. The molecule has 0 bridgehead atoms. The maximum atomic E-state index is 5.39. The molecule has 2 aromatic rings. The number of para-hydroxylation sites is 1. The van der Waals surface area contributed by atoms with Crippen molar-refractivity contribution in [3.8, 4) is 5.75 Å². The molecule has 106 valence electrons. The van der Waals surface area contributed by atoms with E-state index in [1.807, 2.05) is 18.2 Å². The maximum Gasteiger partial charge on any atom is 0.204 e. The molecular weight excluding hydrogens is 252 g/mol. The van der Waals surface area contributed by atoms with Crippen molar-refractivity contribution in [3.63, 3.8) is 0 Å². The first-order chi connectivity index (χ1) is 9.80. The zero-order valence-electron chi connectivity index (χ0n) is 12.1. The van der Waals surface area contributed by atoms with Crippen molar-refractivity contribution in [1.82, 2.24) is 9.97 Å². The number of ether oxygens (including phenoxy) is 1. The third kappa shape index (κ3) is 2.99. The predicted octanol–water partition coefficient (Wildman–Crippen LogP) is 3.22. The van der Waals surface area contributed by atoms with Crippen LogP contribution in [0.15, 0.2) is 30.6 Å². The van der Waals surface area contributed by atoms with E-state index in [9.17, 15) is 0 Å². The Bertz CT molecular complexity index is 572. The van der Waals surface area contributed by atoms with E-state index in [1.165, 1.54) is 11.9 Å². The van der Waals surface area contributed by atoms with Crippen molar-refractivity contribution in [2.45, 2.75) is 19.8 Å². The highest BCUT2D eigenvalue weighted by molar-refractivity contribution is 5.70. The zero-order valence-corrected chi connectivity index (χ0v) is 12.1. The number of aryl methyl sites for hydroxylation is 1. The largest absolute Gasteiger partial charge is 0.490 e. The van der Waals surface area contributed by atoms with Gasteiger partial charge in [0.05, 0.1) is 7.11 Å². The van der Waals surface area contributed by atoms with E-state index in [2.05, 4.69) is 33.6 Å². The lowest BCUT2D eigenvalue weighted by Crippen LogP contribution is -2.04. The number of benzene rings is 1. The van der Waals surface area contributed by atoms with Crippen molar-refractivity contribution < 1.29 is 4.74 Å². The molecule has 0 unspecified atom stereocenters. The second-order valence-electron chi connectivity index (χ2n) is 4.39. The lowest BCUT2D eigenvalue weighted by Gasteiger charge is -2.15. The summed E-state index contributed by atoms with van der Waals surface area (Å²) in [5, 5.41) is 6.33. The SMILES string of the molecule is CCCc1ccccc1Nc1ncnc(NC)c1OC. The minimum Gasteiger partial charge on any atom is -0.490 e. The van der Waals surface area contributed by atoms with Gasteiger partial charge >= 0.3 is 0 Å². The summed E-state index contributed by atoms with van der Waals surface area (Å²) >= 11 is 0. The van der Waals surface area contributed by atoms with Crippen molar-refractivity contribution in [3.05, 3.63) is 36.2 Å². The van der Waals surface area contributed by atoms with Crippen LogP contribution in [-0.4, -0.2) is 24.1 Å². The van der Waals surface area contributed by atoms with Crippen molar-refractivity contribution in [2.24, 2.45) is 0 Å². The molecule has 1 aromatic carbocycles. The number of nitrogens with zero attached hydrogens (tertiary/aromatic N) is 2. The molecule has 0 radical (unpaired) electrons. The van der Waals surface area contributed by atoms with E-state index < -0.39 is 0 Å². The van der Waals surface area contributed by atoms with Crippen LogP contribution in [0.5, 0.6) is 5.75 Å². The zero-order chi connectivity index (χ0) is 14.4. The summed E-state index contributed by atoms with van der Waals surface area (Å²) in [5.74, 6) is 1.94. The molecule has 2 N–H and O–H groups in total. The van der Waals surface area contributed by atoms with Crippen LogP contribution in [-0.2, 0) is 6.42 Å². The van der Waals surface area contributed by atoms with Gasteiger partial charge in [0.1, 0.15) is 6.33 Å². The minimum absolute atomic E-state index is 0.612. The van der Waals surface area contributed by atoms with Gasteiger partial charge in [-0.3, -0.25) is 0 Å². The van der Waals surface area contributed by atoms with Crippen LogP contribution in [0.4, 0.5) is 17.3 Å². The van der Waals surface area contributed by atoms with Crippen LogP contribution in [0.25, 0.3) is 0 Å². The van der Waals surface area contributed by atoms with Crippen molar-refractivity contribution >= 4 is 17.3 Å². The first kappa shape index (κ1) is 14.1. The monoisotopic (exact) mass is 272 g/mol. The van der Waals surface area contributed by atoms with Crippen LogP contribution >= 0.6 is 0 Å². The maximum absolute atomic E-state index is 5.39. The molecule has 1 aromatic heterocycles.